The summed E-state index contributed by atoms with van der Waals surface area (Å²) in [5.74, 6) is 1.56. The van der Waals surface area contributed by atoms with Gasteiger partial charge in [0.1, 0.15) is 18.1 Å². The van der Waals surface area contributed by atoms with Crippen molar-refractivity contribution in [3.63, 3.8) is 0 Å². The van der Waals surface area contributed by atoms with E-state index in [9.17, 15) is 4.79 Å². The van der Waals surface area contributed by atoms with Crippen molar-refractivity contribution in [1.29, 1.82) is 0 Å². The average molecular weight is 390 g/mol. The van der Waals surface area contributed by atoms with Crippen molar-refractivity contribution in [3.05, 3.63) is 82.2 Å². The summed E-state index contributed by atoms with van der Waals surface area (Å²) in [5.41, 5.74) is 4.93. The molecule has 1 aromatic heterocycles. The van der Waals surface area contributed by atoms with E-state index in [-0.39, 0.29) is 11.9 Å². The summed E-state index contributed by atoms with van der Waals surface area (Å²) < 4.78 is 11.0. The Hall–Kier alpha value is -3.08. The molecule has 1 aliphatic heterocycles. The zero-order valence-electron chi connectivity index (χ0n) is 17.1. The van der Waals surface area contributed by atoms with E-state index in [2.05, 4.69) is 36.3 Å². The summed E-state index contributed by atoms with van der Waals surface area (Å²) in [6, 6.07) is 16.0. The number of ether oxygens (including phenoxy) is 1. The van der Waals surface area contributed by atoms with Gasteiger partial charge in [0.2, 0.25) is 0 Å². The van der Waals surface area contributed by atoms with Gasteiger partial charge in [0.05, 0.1) is 17.3 Å². The zero-order chi connectivity index (χ0) is 20.4. The fourth-order valence-electron chi connectivity index (χ4n) is 3.87. The highest BCUT2D eigenvalue weighted by atomic mass is 16.5. The summed E-state index contributed by atoms with van der Waals surface area (Å²) in [7, 11) is 0. The molecule has 29 heavy (non-hydrogen) atoms. The monoisotopic (exact) mass is 390 g/mol. The third kappa shape index (κ3) is 4.04. The van der Waals surface area contributed by atoms with Crippen molar-refractivity contribution in [2.75, 3.05) is 6.54 Å². The average Bonchev–Trinajstić information content (AvgIpc) is 3.34. The summed E-state index contributed by atoms with van der Waals surface area (Å²) in [6.45, 7) is 7.05. The van der Waals surface area contributed by atoms with Crippen LogP contribution in [0.3, 0.4) is 0 Å². The van der Waals surface area contributed by atoms with Gasteiger partial charge in [0.15, 0.2) is 0 Å². The lowest BCUT2D eigenvalue weighted by Gasteiger charge is -2.25. The SMILES string of the molecule is Cc1ccc(C2CCCN2C(=O)c2ccc(OCc3c(C)noc3C)cc2)cc1. The van der Waals surface area contributed by atoms with Crippen molar-refractivity contribution < 1.29 is 14.1 Å². The lowest BCUT2D eigenvalue weighted by atomic mass is 10.0. The van der Waals surface area contributed by atoms with Crippen molar-refractivity contribution in [1.82, 2.24) is 10.1 Å². The molecule has 5 nitrogen and oxygen atoms in total. The highest BCUT2D eigenvalue weighted by Crippen LogP contribution is 2.33. The predicted octanol–water partition coefficient (Wildman–Crippen LogP) is 5.16. The summed E-state index contributed by atoms with van der Waals surface area (Å²) in [5, 5.41) is 3.94. The Morgan fingerprint density at radius 3 is 2.48 bits per heavy atom. The largest absolute Gasteiger partial charge is 0.489 e. The highest BCUT2D eigenvalue weighted by molar-refractivity contribution is 5.94. The number of carbonyl (C=O) groups excluding carboxylic acids is 1. The zero-order valence-corrected chi connectivity index (χ0v) is 17.1. The van der Waals surface area contributed by atoms with Crippen molar-refractivity contribution in [2.45, 2.75) is 46.3 Å². The molecule has 1 atom stereocenters. The molecule has 4 rings (SSSR count). The van der Waals surface area contributed by atoms with Crippen LogP contribution in [0.25, 0.3) is 0 Å². The first-order valence-corrected chi connectivity index (χ1v) is 10.0. The Bertz CT molecular complexity index is 970. The van der Waals surface area contributed by atoms with Gasteiger partial charge in [0.25, 0.3) is 5.91 Å². The lowest BCUT2D eigenvalue weighted by molar-refractivity contribution is 0.0735. The first-order valence-electron chi connectivity index (χ1n) is 10.0. The minimum atomic E-state index is 0.0744. The molecule has 0 radical (unpaired) electrons. The first-order chi connectivity index (χ1) is 14.0. The van der Waals surface area contributed by atoms with Crippen LogP contribution in [0.1, 0.15) is 57.4 Å². The van der Waals surface area contributed by atoms with E-state index in [0.717, 1.165) is 42.2 Å². The fraction of sp³-hybridized carbons (Fsp3) is 0.333. The first kappa shape index (κ1) is 19.2. The standard InChI is InChI=1S/C24H26N2O3/c1-16-6-8-19(9-7-16)23-5-4-14-26(23)24(27)20-10-12-21(13-11-20)28-15-22-17(2)25-29-18(22)3/h6-13,23H,4-5,14-15H2,1-3H3. The molecule has 1 saturated heterocycles. The van der Waals surface area contributed by atoms with E-state index in [1.807, 2.05) is 43.0 Å². The van der Waals surface area contributed by atoms with Crippen LogP contribution < -0.4 is 4.74 Å². The van der Waals surface area contributed by atoms with Crippen LogP contribution in [0.2, 0.25) is 0 Å². The van der Waals surface area contributed by atoms with Gasteiger partial charge >= 0.3 is 0 Å². The molecule has 0 bridgehead atoms. The van der Waals surface area contributed by atoms with Crippen LogP contribution in [0.4, 0.5) is 0 Å². The molecule has 1 unspecified atom stereocenters. The Labute approximate surface area is 171 Å². The van der Waals surface area contributed by atoms with Crippen molar-refractivity contribution in [3.8, 4) is 5.75 Å². The normalized spacial score (nSPS) is 16.2. The van der Waals surface area contributed by atoms with Crippen LogP contribution in [-0.2, 0) is 6.61 Å². The van der Waals surface area contributed by atoms with Gasteiger partial charge in [-0.15, -0.1) is 0 Å². The van der Waals surface area contributed by atoms with E-state index >= 15 is 0 Å². The molecule has 150 valence electrons. The molecule has 0 aliphatic carbocycles. The molecule has 5 heteroatoms. The molecule has 1 aliphatic rings. The molecular weight excluding hydrogens is 364 g/mol. The van der Waals surface area contributed by atoms with E-state index in [1.54, 1.807) is 0 Å². The maximum absolute atomic E-state index is 13.1. The van der Waals surface area contributed by atoms with Gasteiger partial charge in [-0.3, -0.25) is 4.79 Å². The molecular formula is C24H26N2O3. The molecule has 1 fully saturated rings. The van der Waals surface area contributed by atoms with Crippen LogP contribution in [-0.4, -0.2) is 22.5 Å². The number of rotatable bonds is 5. The number of likely N-dealkylation sites (tertiary alicyclic amines) is 1. The third-order valence-electron chi connectivity index (χ3n) is 5.64. The Morgan fingerprint density at radius 2 is 1.83 bits per heavy atom. The summed E-state index contributed by atoms with van der Waals surface area (Å²) >= 11 is 0. The molecule has 0 N–H and O–H groups in total. The minimum Gasteiger partial charge on any atom is -0.489 e. The van der Waals surface area contributed by atoms with Crippen LogP contribution in [0.5, 0.6) is 5.75 Å². The second-order valence-electron chi connectivity index (χ2n) is 7.68. The number of nitrogens with zero attached hydrogens (tertiary/aromatic N) is 2. The maximum Gasteiger partial charge on any atom is 0.254 e. The lowest BCUT2D eigenvalue weighted by Crippen LogP contribution is -2.30. The van der Waals surface area contributed by atoms with E-state index in [0.29, 0.717) is 12.2 Å². The van der Waals surface area contributed by atoms with Gasteiger partial charge in [-0.25, -0.2) is 0 Å². The molecule has 0 saturated carbocycles. The van der Waals surface area contributed by atoms with Gasteiger partial charge in [-0.2, -0.15) is 0 Å². The maximum atomic E-state index is 13.1. The molecule has 1 amide bonds. The fourth-order valence-corrected chi connectivity index (χ4v) is 3.87. The highest BCUT2D eigenvalue weighted by Gasteiger charge is 2.30. The minimum absolute atomic E-state index is 0.0744. The van der Waals surface area contributed by atoms with Gasteiger partial charge < -0.3 is 14.2 Å². The summed E-state index contributed by atoms with van der Waals surface area (Å²) in [4.78, 5) is 15.1. The van der Waals surface area contributed by atoms with Gasteiger partial charge in [-0.1, -0.05) is 35.0 Å². The van der Waals surface area contributed by atoms with Crippen LogP contribution in [0.15, 0.2) is 53.1 Å². The smallest absolute Gasteiger partial charge is 0.254 e. The van der Waals surface area contributed by atoms with E-state index < -0.39 is 0 Å². The third-order valence-corrected chi connectivity index (χ3v) is 5.64. The molecule has 0 spiro atoms. The molecule has 2 heterocycles. The number of hydrogen-bond donors (Lipinski definition) is 0. The second-order valence-corrected chi connectivity index (χ2v) is 7.68. The Kier molecular flexibility index (Phi) is 5.38. The van der Waals surface area contributed by atoms with Crippen molar-refractivity contribution in [2.24, 2.45) is 0 Å². The predicted molar refractivity (Wildman–Crippen MR) is 111 cm³/mol. The van der Waals surface area contributed by atoms with Crippen LogP contribution in [0, 0.1) is 20.8 Å². The summed E-state index contributed by atoms with van der Waals surface area (Å²) in [6.07, 6.45) is 2.04. The van der Waals surface area contributed by atoms with Crippen LogP contribution >= 0.6 is 0 Å². The number of amides is 1. The quantitative estimate of drug-likeness (QED) is 0.604. The van der Waals surface area contributed by atoms with Crippen molar-refractivity contribution >= 4 is 5.91 Å². The molecule has 2 aromatic carbocycles. The topological polar surface area (TPSA) is 55.6 Å². The number of aromatic nitrogens is 1. The molecule has 3 aromatic rings. The Balaban J connectivity index is 1.44. The van der Waals surface area contributed by atoms with E-state index in [4.69, 9.17) is 9.26 Å². The number of hydrogen-bond acceptors (Lipinski definition) is 4. The van der Waals surface area contributed by atoms with Gasteiger partial charge in [-0.05, 0) is 63.4 Å². The number of benzene rings is 2. The Morgan fingerprint density at radius 1 is 1.10 bits per heavy atom. The number of carbonyl (C=O) groups is 1. The second kappa shape index (κ2) is 8.11. The van der Waals surface area contributed by atoms with E-state index in [1.165, 1.54) is 11.1 Å². The number of aryl methyl sites for hydroxylation is 3. The van der Waals surface area contributed by atoms with Gasteiger partial charge in [0, 0.05) is 12.1 Å².